The van der Waals surface area contributed by atoms with Crippen LogP contribution in [0.4, 0.5) is 11.4 Å². The normalized spacial score (nSPS) is 11.2. The molecule has 0 aliphatic rings. The lowest BCUT2D eigenvalue weighted by atomic mass is 9.81. The fourth-order valence-electron chi connectivity index (χ4n) is 1.50. The second kappa shape index (κ2) is 5.70. The highest BCUT2D eigenvalue weighted by molar-refractivity contribution is 5.68. The highest BCUT2D eigenvalue weighted by Gasteiger charge is 2.25. The Hall–Kier alpha value is -2.09. The summed E-state index contributed by atoms with van der Waals surface area (Å²) in [6, 6.07) is 6.59. The van der Waals surface area contributed by atoms with Gasteiger partial charge in [0.25, 0.3) is 0 Å². The van der Waals surface area contributed by atoms with Gasteiger partial charge in [0.15, 0.2) is 0 Å². The summed E-state index contributed by atoms with van der Waals surface area (Å²) in [4.78, 5) is 10.6. The van der Waals surface area contributed by atoms with Gasteiger partial charge in [0, 0.05) is 6.54 Å². The Morgan fingerprint density at radius 2 is 2.11 bits per heavy atom. The van der Waals surface area contributed by atoms with Gasteiger partial charge in [-0.3, -0.25) is 10.1 Å². The predicted octanol–water partition coefficient (Wildman–Crippen LogP) is 3.56. The van der Waals surface area contributed by atoms with Crippen molar-refractivity contribution in [1.29, 1.82) is 5.26 Å². The molecule has 0 heterocycles. The van der Waals surface area contributed by atoms with E-state index >= 15 is 0 Å². The SMILES string of the molecule is CC(C)C(C)(C)CNc1cccc(C#N)c1[N+](=O)[O-]. The van der Waals surface area contributed by atoms with E-state index in [0.717, 1.165) is 0 Å². The molecule has 0 unspecified atom stereocenters. The Balaban J connectivity index is 3.03. The highest BCUT2D eigenvalue weighted by atomic mass is 16.6. The van der Waals surface area contributed by atoms with Gasteiger partial charge in [0.2, 0.25) is 0 Å². The van der Waals surface area contributed by atoms with Gasteiger partial charge in [-0.2, -0.15) is 5.26 Å². The number of nitrogens with one attached hydrogen (secondary N) is 1. The van der Waals surface area contributed by atoms with E-state index in [2.05, 4.69) is 33.0 Å². The number of benzene rings is 1. The van der Waals surface area contributed by atoms with Crippen LogP contribution in [0.25, 0.3) is 0 Å². The van der Waals surface area contributed by atoms with Crippen molar-refractivity contribution in [2.24, 2.45) is 11.3 Å². The molecule has 102 valence electrons. The first-order valence-electron chi connectivity index (χ1n) is 6.21. The third-order valence-electron chi connectivity index (χ3n) is 3.64. The fourth-order valence-corrected chi connectivity index (χ4v) is 1.50. The molecule has 1 N–H and O–H groups in total. The third-order valence-corrected chi connectivity index (χ3v) is 3.64. The lowest BCUT2D eigenvalue weighted by Gasteiger charge is -2.29. The monoisotopic (exact) mass is 261 g/mol. The first kappa shape index (κ1) is 15.0. The second-order valence-corrected chi connectivity index (χ2v) is 5.57. The number of nitro groups is 1. The molecular weight excluding hydrogens is 242 g/mol. The van der Waals surface area contributed by atoms with E-state index in [1.165, 1.54) is 6.07 Å². The van der Waals surface area contributed by atoms with Crippen molar-refractivity contribution in [3.05, 3.63) is 33.9 Å². The molecular formula is C14H19N3O2. The number of rotatable bonds is 5. The fraction of sp³-hybridized carbons (Fsp3) is 0.500. The smallest absolute Gasteiger partial charge is 0.309 e. The van der Waals surface area contributed by atoms with E-state index in [0.29, 0.717) is 18.2 Å². The van der Waals surface area contributed by atoms with Crippen LogP contribution < -0.4 is 5.32 Å². The first-order valence-corrected chi connectivity index (χ1v) is 6.21. The van der Waals surface area contributed by atoms with Gasteiger partial charge in [-0.1, -0.05) is 33.8 Å². The average Bonchev–Trinajstić information content (AvgIpc) is 2.35. The lowest BCUT2D eigenvalue weighted by molar-refractivity contribution is -0.384. The minimum absolute atomic E-state index is 0.0104. The van der Waals surface area contributed by atoms with E-state index < -0.39 is 4.92 Å². The van der Waals surface area contributed by atoms with Crippen LogP contribution in [0.5, 0.6) is 0 Å². The molecule has 0 amide bonds. The highest BCUT2D eigenvalue weighted by Crippen LogP contribution is 2.31. The quantitative estimate of drug-likeness (QED) is 0.649. The molecule has 0 aromatic heterocycles. The number of nitro benzene ring substituents is 1. The lowest BCUT2D eigenvalue weighted by Crippen LogP contribution is -2.28. The number of hydrogen-bond acceptors (Lipinski definition) is 4. The molecule has 5 heteroatoms. The number of nitriles is 1. The third kappa shape index (κ3) is 3.44. The molecule has 19 heavy (non-hydrogen) atoms. The average molecular weight is 261 g/mol. The zero-order valence-corrected chi connectivity index (χ0v) is 11.7. The van der Waals surface area contributed by atoms with Gasteiger partial charge in [0.05, 0.1) is 4.92 Å². The number of para-hydroxylation sites is 1. The summed E-state index contributed by atoms with van der Waals surface area (Å²) >= 11 is 0. The van der Waals surface area contributed by atoms with Crippen molar-refractivity contribution in [3.63, 3.8) is 0 Å². The summed E-state index contributed by atoms with van der Waals surface area (Å²) in [6.07, 6.45) is 0. The van der Waals surface area contributed by atoms with Crippen molar-refractivity contribution in [3.8, 4) is 6.07 Å². The number of nitrogens with zero attached hydrogens (tertiary/aromatic N) is 2. The Bertz CT molecular complexity index is 516. The standard InChI is InChI=1S/C14H19N3O2/c1-10(2)14(3,4)9-16-12-7-5-6-11(8-15)13(12)17(18)19/h5-7,10,16H,9H2,1-4H3. The van der Waals surface area contributed by atoms with E-state index in [9.17, 15) is 10.1 Å². The Labute approximate surface area is 113 Å². The summed E-state index contributed by atoms with van der Waals surface area (Å²) in [5.74, 6) is 0.443. The molecule has 0 saturated heterocycles. The molecule has 0 aliphatic carbocycles. The minimum atomic E-state index is -0.511. The van der Waals surface area contributed by atoms with E-state index in [-0.39, 0.29) is 16.7 Å². The van der Waals surface area contributed by atoms with Gasteiger partial charge in [-0.05, 0) is 23.5 Å². The summed E-state index contributed by atoms with van der Waals surface area (Å²) in [5, 5.41) is 23.1. The molecule has 0 aliphatic heterocycles. The van der Waals surface area contributed by atoms with Crippen LogP contribution in [0.1, 0.15) is 33.3 Å². The maximum absolute atomic E-state index is 11.1. The van der Waals surface area contributed by atoms with Crippen molar-refractivity contribution in [2.45, 2.75) is 27.7 Å². The van der Waals surface area contributed by atoms with Gasteiger partial charge >= 0.3 is 5.69 Å². The predicted molar refractivity (Wildman–Crippen MR) is 74.9 cm³/mol. The molecule has 1 rings (SSSR count). The van der Waals surface area contributed by atoms with Gasteiger partial charge < -0.3 is 5.32 Å². The van der Waals surface area contributed by atoms with Crippen LogP contribution in [-0.2, 0) is 0 Å². The van der Waals surface area contributed by atoms with Gasteiger partial charge in [-0.15, -0.1) is 0 Å². The van der Waals surface area contributed by atoms with Crippen LogP contribution in [0.3, 0.4) is 0 Å². The van der Waals surface area contributed by atoms with Gasteiger partial charge in [-0.25, -0.2) is 0 Å². The van der Waals surface area contributed by atoms with Gasteiger partial charge in [0.1, 0.15) is 17.3 Å². The number of anilines is 1. The molecule has 0 spiro atoms. The van der Waals surface area contributed by atoms with E-state index in [1.54, 1.807) is 12.1 Å². The van der Waals surface area contributed by atoms with Crippen molar-refractivity contribution in [1.82, 2.24) is 0 Å². The maximum Gasteiger partial charge on any atom is 0.309 e. The zero-order chi connectivity index (χ0) is 14.6. The van der Waals surface area contributed by atoms with Crippen molar-refractivity contribution in [2.75, 3.05) is 11.9 Å². The Morgan fingerprint density at radius 1 is 1.47 bits per heavy atom. The molecule has 0 bridgehead atoms. The zero-order valence-electron chi connectivity index (χ0n) is 11.7. The van der Waals surface area contributed by atoms with E-state index in [4.69, 9.17) is 5.26 Å². The van der Waals surface area contributed by atoms with Crippen LogP contribution in [0.15, 0.2) is 18.2 Å². The molecule has 0 saturated carbocycles. The van der Waals surface area contributed by atoms with Crippen LogP contribution in [-0.4, -0.2) is 11.5 Å². The molecule has 0 fully saturated rings. The maximum atomic E-state index is 11.1. The topological polar surface area (TPSA) is 79.0 Å². The van der Waals surface area contributed by atoms with Crippen LogP contribution >= 0.6 is 0 Å². The summed E-state index contributed by atoms with van der Waals surface area (Å²) in [5.41, 5.74) is 0.343. The Morgan fingerprint density at radius 3 is 2.58 bits per heavy atom. The molecule has 5 nitrogen and oxygen atoms in total. The van der Waals surface area contributed by atoms with Crippen LogP contribution in [0, 0.1) is 32.8 Å². The van der Waals surface area contributed by atoms with Crippen LogP contribution in [0.2, 0.25) is 0 Å². The van der Waals surface area contributed by atoms with Crippen molar-refractivity contribution < 1.29 is 4.92 Å². The molecule has 0 atom stereocenters. The summed E-state index contributed by atoms with van der Waals surface area (Å²) in [6.45, 7) is 9.04. The number of hydrogen-bond donors (Lipinski definition) is 1. The largest absolute Gasteiger partial charge is 0.379 e. The first-order chi connectivity index (χ1) is 8.79. The van der Waals surface area contributed by atoms with Crippen molar-refractivity contribution >= 4 is 11.4 Å². The second-order valence-electron chi connectivity index (χ2n) is 5.57. The van der Waals surface area contributed by atoms with E-state index in [1.807, 2.05) is 6.07 Å². The summed E-state index contributed by atoms with van der Waals surface area (Å²) in [7, 11) is 0. The molecule has 0 radical (unpaired) electrons. The Kier molecular flexibility index (Phi) is 4.49. The molecule has 1 aromatic rings. The summed E-state index contributed by atoms with van der Waals surface area (Å²) < 4.78 is 0. The molecule has 1 aromatic carbocycles. The minimum Gasteiger partial charge on any atom is -0.379 e.